The Kier molecular flexibility index (Phi) is 5.43. The van der Waals surface area contributed by atoms with Crippen LogP contribution in [0.25, 0.3) is 93.5 Å². The lowest BCUT2D eigenvalue weighted by atomic mass is 10.0. The molecule has 5 heteroatoms. The molecule has 1 unspecified atom stereocenters. The number of hydrogen-bond acceptors (Lipinski definition) is 4. The number of nitrogens with zero attached hydrogens (tertiary/aromatic N) is 2. The van der Waals surface area contributed by atoms with E-state index in [4.69, 9.17) is 18.2 Å². The summed E-state index contributed by atoms with van der Waals surface area (Å²) in [4.78, 5) is 5.69. The smallest absolute Gasteiger partial charge is 0.161 e. The zero-order valence-electron chi connectivity index (χ0n) is 28.1. The van der Waals surface area contributed by atoms with Crippen LogP contribution in [0.5, 0.6) is 0 Å². The lowest BCUT2D eigenvalue weighted by Crippen LogP contribution is -2.11. The van der Waals surface area contributed by atoms with E-state index in [-0.39, 0.29) is 6.17 Å². The molecule has 0 amide bonds. The molecule has 11 aromatic rings. The van der Waals surface area contributed by atoms with Crippen molar-refractivity contribution in [2.75, 3.05) is 0 Å². The van der Waals surface area contributed by atoms with Gasteiger partial charge in [0.2, 0.25) is 0 Å². The van der Waals surface area contributed by atoms with Gasteiger partial charge in [-0.25, -0.2) is 0 Å². The van der Waals surface area contributed by atoms with Crippen molar-refractivity contribution in [3.8, 4) is 0 Å². The van der Waals surface area contributed by atoms with E-state index in [1.165, 1.54) is 21.5 Å². The largest absolute Gasteiger partial charge is 0.456 e. The molecule has 1 aliphatic heterocycles. The van der Waals surface area contributed by atoms with Gasteiger partial charge < -0.3 is 17.8 Å². The van der Waals surface area contributed by atoms with Crippen LogP contribution in [-0.4, -0.2) is 10.3 Å². The van der Waals surface area contributed by atoms with Gasteiger partial charge in [0.1, 0.15) is 39.8 Å². The summed E-state index contributed by atoms with van der Waals surface area (Å²) in [6, 6.07) is 48.8. The summed E-state index contributed by atoms with van der Waals surface area (Å²) in [5.74, 6) is 0.757. The number of benzene rings is 7. The van der Waals surface area contributed by atoms with Gasteiger partial charge in [-0.3, -0.25) is 4.99 Å². The highest BCUT2D eigenvalue weighted by atomic mass is 16.3. The maximum absolute atomic E-state index is 6.75. The number of rotatable bonds is 2. The predicted molar refractivity (Wildman–Crippen MR) is 212 cm³/mol. The van der Waals surface area contributed by atoms with Crippen LogP contribution in [0.15, 0.2) is 163 Å². The molecule has 1 atom stereocenters. The monoisotopic (exact) mass is 668 g/mol. The fourth-order valence-electron chi connectivity index (χ4n) is 8.57. The van der Waals surface area contributed by atoms with Gasteiger partial charge in [-0.2, -0.15) is 0 Å². The van der Waals surface area contributed by atoms with Crippen LogP contribution in [0.4, 0.5) is 0 Å². The molecule has 0 saturated heterocycles. The minimum absolute atomic E-state index is 0.330. The summed E-state index contributed by atoms with van der Waals surface area (Å²) >= 11 is 0. The van der Waals surface area contributed by atoms with E-state index >= 15 is 0 Å². The van der Waals surface area contributed by atoms with E-state index in [0.29, 0.717) is 0 Å². The first-order chi connectivity index (χ1) is 25.7. The highest BCUT2D eigenvalue weighted by Crippen LogP contribution is 2.43. The number of aliphatic imine (C=N–C) groups is 1. The maximum Gasteiger partial charge on any atom is 0.161 e. The van der Waals surface area contributed by atoms with E-state index in [9.17, 15) is 0 Å². The van der Waals surface area contributed by atoms with Crippen LogP contribution in [0, 0.1) is 0 Å². The summed E-state index contributed by atoms with van der Waals surface area (Å²) in [5.41, 5.74) is 10.3. The average Bonchev–Trinajstić information content (AvgIpc) is 3.91. The molecular formula is C47H28N2O3. The van der Waals surface area contributed by atoms with E-state index in [2.05, 4.69) is 121 Å². The molecule has 7 aromatic carbocycles. The Balaban J connectivity index is 1.14. The molecule has 0 aliphatic carbocycles. The van der Waals surface area contributed by atoms with Crippen LogP contribution in [0.1, 0.15) is 30.0 Å². The third kappa shape index (κ3) is 3.74. The number of fused-ring (bicyclic) bond motifs is 14. The van der Waals surface area contributed by atoms with Crippen molar-refractivity contribution in [1.82, 2.24) is 4.57 Å². The standard InChI is InChI=1S/C47H28N2O3/c1-26-22-36-31-13-5-8-16-39(31)51-46(36)44(48-47(26)49-37-15-7-4-12-30(37)35-23-27-10-2-3-11-28(27)24-38(35)49)29-18-19-32-33-20-21-41-43(45(33)52-42(32)25-29)34-14-6-9-17-40(34)50-41/h2-25,47H,1H3. The molecule has 5 nitrogen and oxygen atoms in total. The summed E-state index contributed by atoms with van der Waals surface area (Å²) in [6.45, 7) is 2.19. The van der Waals surface area contributed by atoms with Gasteiger partial charge in [0.25, 0.3) is 0 Å². The summed E-state index contributed by atoms with van der Waals surface area (Å²) in [5, 5.41) is 10.1. The first-order valence-electron chi connectivity index (χ1n) is 17.6. The van der Waals surface area contributed by atoms with Gasteiger partial charge in [0, 0.05) is 43.4 Å². The minimum atomic E-state index is -0.330. The second-order valence-electron chi connectivity index (χ2n) is 13.9. The van der Waals surface area contributed by atoms with E-state index < -0.39 is 0 Å². The van der Waals surface area contributed by atoms with Gasteiger partial charge in [0.15, 0.2) is 5.76 Å². The molecule has 244 valence electrons. The Morgan fingerprint density at radius 3 is 2.10 bits per heavy atom. The molecule has 0 spiro atoms. The van der Waals surface area contributed by atoms with Crippen molar-refractivity contribution in [1.29, 1.82) is 0 Å². The molecular weight excluding hydrogens is 641 g/mol. The molecule has 52 heavy (non-hydrogen) atoms. The highest BCUT2D eigenvalue weighted by Gasteiger charge is 2.29. The van der Waals surface area contributed by atoms with Gasteiger partial charge in [-0.15, -0.1) is 0 Å². The molecule has 0 N–H and O–H groups in total. The number of aromatic nitrogens is 1. The summed E-state index contributed by atoms with van der Waals surface area (Å²) in [7, 11) is 0. The van der Waals surface area contributed by atoms with E-state index in [1.54, 1.807) is 0 Å². The van der Waals surface area contributed by atoms with E-state index in [0.717, 1.165) is 94.1 Å². The van der Waals surface area contributed by atoms with Crippen LogP contribution >= 0.6 is 0 Å². The van der Waals surface area contributed by atoms with Gasteiger partial charge >= 0.3 is 0 Å². The molecule has 4 aromatic heterocycles. The lowest BCUT2D eigenvalue weighted by molar-refractivity contribution is 0.599. The third-order valence-corrected chi connectivity index (χ3v) is 11.0. The molecule has 12 rings (SSSR count). The molecule has 5 heterocycles. The van der Waals surface area contributed by atoms with Crippen LogP contribution < -0.4 is 0 Å². The number of furan rings is 3. The van der Waals surface area contributed by atoms with Gasteiger partial charge in [-0.1, -0.05) is 84.9 Å². The maximum atomic E-state index is 6.75. The predicted octanol–water partition coefficient (Wildman–Crippen LogP) is 12.9. The lowest BCUT2D eigenvalue weighted by Gasteiger charge is -2.19. The quantitative estimate of drug-likeness (QED) is 0.184. The Morgan fingerprint density at radius 2 is 1.23 bits per heavy atom. The van der Waals surface area contributed by atoms with Gasteiger partial charge in [-0.05, 0) is 83.9 Å². The molecule has 0 radical (unpaired) electrons. The highest BCUT2D eigenvalue weighted by molar-refractivity contribution is 6.23. The fraction of sp³-hybridized carbons (Fsp3) is 0.0426. The zero-order valence-corrected chi connectivity index (χ0v) is 28.1. The number of hydrogen-bond donors (Lipinski definition) is 0. The fourth-order valence-corrected chi connectivity index (χ4v) is 8.57. The Morgan fingerprint density at radius 1 is 0.519 bits per heavy atom. The van der Waals surface area contributed by atoms with Crippen molar-refractivity contribution >= 4 is 99.2 Å². The Hall–Kier alpha value is -6.85. The first-order valence-corrected chi connectivity index (χ1v) is 17.6. The zero-order chi connectivity index (χ0) is 34.1. The van der Waals surface area contributed by atoms with E-state index in [1.807, 2.05) is 36.4 Å². The Labute approximate surface area is 296 Å². The minimum Gasteiger partial charge on any atom is -0.456 e. The average molecular weight is 669 g/mol. The molecule has 1 aliphatic rings. The summed E-state index contributed by atoms with van der Waals surface area (Å²) < 4.78 is 22.1. The SMILES string of the molecule is CC1=Cc2c(oc3ccccc23)C(c2ccc3c(c2)oc2c3ccc3oc4ccccc4c32)=NC1n1c2ccccc2c2cc3ccccc3cc21. The van der Waals surface area contributed by atoms with Crippen LogP contribution in [-0.2, 0) is 0 Å². The first kappa shape index (κ1) is 27.9. The van der Waals surface area contributed by atoms with Crippen molar-refractivity contribution in [2.45, 2.75) is 13.1 Å². The third-order valence-electron chi connectivity index (χ3n) is 11.0. The van der Waals surface area contributed by atoms with Crippen molar-refractivity contribution in [2.24, 2.45) is 4.99 Å². The summed E-state index contributed by atoms with van der Waals surface area (Å²) in [6.07, 6.45) is 1.94. The topological polar surface area (TPSA) is 56.7 Å². The Bertz CT molecular complexity index is 3380. The molecule has 0 fully saturated rings. The second-order valence-corrected chi connectivity index (χ2v) is 13.9. The van der Waals surface area contributed by atoms with Crippen molar-refractivity contribution in [3.05, 3.63) is 162 Å². The number of para-hydroxylation sites is 3. The van der Waals surface area contributed by atoms with Crippen molar-refractivity contribution < 1.29 is 13.3 Å². The normalized spacial score (nSPS) is 15.1. The van der Waals surface area contributed by atoms with Crippen LogP contribution in [0.3, 0.4) is 0 Å². The van der Waals surface area contributed by atoms with Crippen molar-refractivity contribution in [3.63, 3.8) is 0 Å². The molecule has 0 saturated carbocycles. The molecule has 0 bridgehead atoms. The van der Waals surface area contributed by atoms with Crippen LogP contribution in [0.2, 0.25) is 0 Å². The second kappa shape index (κ2) is 10.1. The van der Waals surface area contributed by atoms with Gasteiger partial charge in [0.05, 0.1) is 16.4 Å².